The van der Waals surface area contributed by atoms with Gasteiger partial charge < -0.3 is 14.6 Å². The van der Waals surface area contributed by atoms with Crippen LogP contribution in [0.3, 0.4) is 0 Å². The zero-order valence-electron chi connectivity index (χ0n) is 18.1. The highest BCUT2D eigenvalue weighted by molar-refractivity contribution is 7.89. The summed E-state index contributed by atoms with van der Waals surface area (Å²) in [5, 5.41) is 2.33. The molecule has 1 atom stereocenters. The topological polar surface area (TPSA) is 91.5 Å². The Balaban J connectivity index is 1.73. The highest BCUT2D eigenvalue weighted by Crippen LogP contribution is 2.30. The van der Waals surface area contributed by atoms with Gasteiger partial charge in [-0.05, 0) is 23.8 Å². The molecule has 0 aliphatic carbocycles. The van der Waals surface area contributed by atoms with Crippen LogP contribution in [0.2, 0.25) is 0 Å². The molecular weight excluding hydrogens is 426 g/mol. The van der Waals surface area contributed by atoms with E-state index in [-0.39, 0.29) is 11.3 Å². The molecular formula is C24H25N3O4S. The number of carbonyl (C=O) groups is 1. The molecule has 3 aromatic carbocycles. The van der Waals surface area contributed by atoms with E-state index in [1.807, 2.05) is 61.5 Å². The number of fused-ring (bicyclic) bond motifs is 2. The Morgan fingerprint density at radius 3 is 2.44 bits per heavy atom. The number of carbonyl (C=O) groups excluding carboxylic acids is 1. The quantitative estimate of drug-likeness (QED) is 0.420. The van der Waals surface area contributed by atoms with Crippen molar-refractivity contribution >= 4 is 43.4 Å². The van der Waals surface area contributed by atoms with Crippen molar-refractivity contribution in [1.82, 2.24) is 9.71 Å². The third kappa shape index (κ3) is 4.06. The van der Waals surface area contributed by atoms with E-state index in [1.54, 1.807) is 24.4 Å². The number of H-pyrrole nitrogens is 1. The summed E-state index contributed by atoms with van der Waals surface area (Å²) in [5.41, 5.74) is 2.65. The first-order valence-corrected chi connectivity index (χ1v) is 11.6. The van der Waals surface area contributed by atoms with E-state index in [4.69, 9.17) is 4.74 Å². The molecule has 0 aliphatic heterocycles. The first-order valence-electron chi connectivity index (χ1n) is 10.2. The Morgan fingerprint density at radius 2 is 1.69 bits per heavy atom. The fourth-order valence-electron chi connectivity index (χ4n) is 3.98. The first kappa shape index (κ1) is 21.9. The lowest BCUT2D eigenvalue weighted by atomic mass is 10.1. The Morgan fingerprint density at radius 1 is 1.00 bits per heavy atom. The minimum absolute atomic E-state index is 0.117. The maximum absolute atomic E-state index is 13.4. The molecule has 0 fully saturated rings. The maximum Gasteiger partial charge on any atom is 0.324 e. The second-order valence-electron chi connectivity index (χ2n) is 7.78. The SMILES string of the molecule is COC(=O)C(Cc1c[nH]c2ccccc12)NS(=O)(=O)c1cccc2c(N(C)C)cccc12. The maximum atomic E-state index is 13.4. The first-order chi connectivity index (χ1) is 15.3. The van der Waals surface area contributed by atoms with Crippen LogP contribution in [0.4, 0.5) is 5.69 Å². The zero-order valence-corrected chi connectivity index (χ0v) is 18.9. The summed E-state index contributed by atoms with van der Waals surface area (Å²) in [4.78, 5) is 17.7. The van der Waals surface area contributed by atoms with Crippen LogP contribution >= 0.6 is 0 Å². The van der Waals surface area contributed by atoms with Crippen LogP contribution in [0.5, 0.6) is 0 Å². The number of anilines is 1. The lowest BCUT2D eigenvalue weighted by Crippen LogP contribution is -2.43. The van der Waals surface area contributed by atoms with Crippen LogP contribution in [-0.4, -0.2) is 46.6 Å². The number of aromatic amines is 1. The highest BCUT2D eigenvalue weighted by Gasteiger charge is 2.29. The van der Waals surface area contributed by atoms with E-state index < -0.39 is 22.0 Å². The van der Waals surface area contributed by atoms with Gasteiger partial charge in [-0.1, -0.05) is 42.5 Å². The van der Waals surface area contributed by atoms with E-state index in [1.165, 1.54) is 7.11 Å². The number of aromatic nitrogens is 1. The van der Waals surface area contributed by atoms with Gasteiger partial charge in [0.2, 0.25) is 10.0 Å². The van der Waals surface area contributed by atoms with E-state index >= 15 is 0 Å². The average molecular weight is 452 g/mol. The number of hydrogen-bond acceptors (Lipinski definition) is 5. The van der Waals surface area contributed by atoms with E-state index in [9.17, 15) is 13.2 Å². The number of esters is 1. The molecule has 7 nitrogen and oxygen atoms in total. The molecule has 0 radical (unpaired) electrons. The number of benzene rings is 3. The highest BCUT2D eigenvalue weighted by atomic mass is 32.2. The van der Waals surface area contributed by atoms with Gasteiger partial charge in [-0.3, -0.25) is 4.79 Å². The molecule has 0 spiro atoms. The van der Waals surface area contributed by atoms with Crippen LogP contribution in [0.25, 0.3) is 21.7 Å². The largest absolute Gasteiger partial charge is 0.468 e. The average Bonchev–Trinajstić information content (AvgIpc) is 3.19. The summed E-state index contributed by atoms with van der Waals surface area (Å²) in [6.45, 7) is 0. The molecule has 0 saturated carbocycles. The minimum Gasteiger partial charge on any atom is -0.468 e. The number of para-hydroxylation sites is 1. The standard InChI is InChI=1S/C24H25N3O4S/c1-27(2)22-12-6-10-19-18(22)9-7-13-23(19)32(29,30)26-21(24(28)31-3)14-16-15-25-20-11-5-4-8-17(16)20/h4-13,15,21,25-26H,14H2,1-3H3. The summed E-state index contributed by atoms with van der Waals surface area (Å²) in [6.07, 6.45) is 1.94. The van der Waals surface area contributed by atoms with Crippen LogP contribution < -0.4 is 9.62 Å². The molecule has 1 aromatic heterocycles. The monoisotopic (exact) mass is 451 g/mol. The summed E-state index contributed by atoms with van der Waals surface area (Å²) in [7, 11) is 1.04. The van der Waals surface area contributed by atoms with Gasteiger partial charge in [0.1, 0.15) is 6.04 Å². The molecule has 4 rings (SSSR count). The molecule has 0 saturated heterocycles. The summed E-state index contributed by atoms with van der Waals surface area (Å²) >= 11 is 0. The number of sulfonamides is 1. The van der Waals surface area contributed by atoms with Crippen molar-refractivity contribution < 1.29 is 17.9 Å². The Hall–Kier alpha value is -3.36. The van der Waals surface area contributed by atoms with Crippen molar-refractivity contribution in [3.63, 3.8) is 0 Å². The number of nitrogens with one attached hydrogen (secondary N) is 2. The third-order valence-corrected chi connectivity index (χ3v) is 7.04. The molecule has 8 heteroatoms. The van der Waals surface area contributed by atoms with Crippen molar-refractivity contribution in [2.45, 2.75) is 17.4 Å². The van der Waals surface area contributed by atoms with Gasteiger partial charge in [0.15, 0.2) is 0 Å². The van der Waals surface area contributed by atoms with Crippen molar-refractivity contribution in [3.05, 3.63) is 72.4 Å². The van der Waals surface area contributed by atoms with Gasteiger partial charge in [-0.25, -0.2) is 8.42 Å². The molecule has 0 bridgehead atoms. The molecule has 4 aromatic rings. The second kappa shape index (κ2) is 8.64. The molecule has 2 N–H and O–H groups in total. The third-order valence-electron chi connectivity index (χ3n) is 5.51. The van der Waals surface area contributed by atoms with Gasteiger partial charge in [-0.2, -0.15) is 4.72 Å². The van der Waals surface area contributed by atoms with Crippen molar-refractivity contribution in [1.29, 1.82) is 0 Å². The Bertz CT molecular complexity index is 1390. The molecule has 166 valence electrons. The van der Waals surface area contributed by atoms with Crippen molar-refractivity contribution in [2.24, 2.45) is 0 Å². The fraction of sp³-hybridized carbons (Fsp3) is 0.208. The van der Waals surface area contributed by atoms with Crippen molar-refractivity contribution in [2.75, 3.05) is 26.1 Å². The van der Waals surface area contributed by atoms with Crippen LogP contribution in [0, 0.1) is 0 Å². The van der Waals surface area contributed by atoms with Gasteiger partial charge in [0, 0.05) is 54.1 Å². The lowest BCUT2D eigenvalue weighted by molar-refractivity contribution is -0.142. The van der Waals surface area contributed by atoms with Crippen LogP contribution in [-0.2, 0) is 26.0 Å². The summed E-state index contributed by atoms with van der Waals surface area (Å²) < 4.78 is 34.3. The van der Waals surface area contributed by atoms with Gasteiger partial charge in [0.25, 0.3) is 0 Å². The zero-order chi connectivity index (χ0) is 22.9. The molecule has 0 amide bonds. The lowest BCUT2D eigenvalue weighted by Gasteiger charge is -2.19. The van der Waals surface area contributed by atoms with E-state index in [0.29, 0.717) is 5.39 Å². The van der Waals surface area contributed by atoms with Crippen LogP contribution in [0.15, 0.2) is 71.8 Å². The van der Waals surface area contributed by atoms with Gasteiger partial charge in [0.05, 0.1) is 12.0 Å². The van der Waals surface area contributed by atoms with Crippen LogP contribution in [0.1, 0.15) is 5.56 Å². The second-order valence-corrected chi connectivity index (χ2v) is 9.47. The number of hydrogen-bond donors (Lipinski definition) is 2. The summed E-state index contributed by atoms with van der Waals surface area (Å²) in [5.74, 6) is -0.645. The minimum atomic E-state index is -4.02. The van der Waals surface area contributed by atoms with Crippen molar-refractivity contribution in [3.8, 4) is 0 Å². The number of ether oxygens (including phenoxy) is 1. The number of rotatable bonds is 7. The molecule has 32 heavy (non-hydrogen) atoms. The molecule has 1 unspecified atom stereocenters. The number of nitrogens with zero attached hydrogens (tertiary/aromatic N) is 1. The molecule has 0 aliphatic rings. The smallest absolute Gasteiger partial charge is 0.324 e. The predicted molar refractivity (Wildman–Crippen MR) is 126 cm³/mol. The number of methoxy groups -OCH3 is 1. The summed E-state index contributed by atoms with van der Waals surface area (Å²) in [6, 6.07) is 17.2. The van der Waals surface area contributed by atoms with E-state index in [0.717, 1.165) is 27.5 Å². The van der Waals surface area contributed by atoms with Gasteiger partial charge in [-0.15, -0.1) is 0 Å². The fourth-order valence-corrected chi connectivity index (χ4v) is 5.38. The van der Waals surface area contributed by atoms with E-state index in [2.05, 4.69) is 9.71 Å². The molecule has 1 heterocycles. The van der Waals surface area contributed by atoms with Gasteiger partial charge >= 0.3 is 5.97 Å². The Kier molecular flexibility index (Phi) is 5.90. The predicted octanol–water partition coefficient (Wildman–Crippen LogP) is 3.45. The normalized spacial score (nSPS) is 12.7. The Labute approximate surface area is 187 Å².